The van der Waals surface area contributed by atoms with Gasteiger partial charge < -0.3 is 10.8 Å². The molecule has 1 atom stereocenters. The molecule has 0 aliphatic carbocycles. The fourth-order valence-electron chi connectivity index (χ4n) is 3.68. The summed E-state index contributed by atoms with van der Waals surface area (Å²) in [5, 5.41) is 18.2. The Bertz CT molecular complexity index is 1350. The summed E-state index contributed by atoms with van der Waals surface area (Å²) in [6.45, 7) is 3.22. The van der Waals surface area contributed by atoms with Crippen molar-refractivity contribution in [3.63, 3.8) is 0 Å². The van der Waals surface area contributed by atoms with Gasteiger partial charge in [0.25, 0.3) is 5.91 Å². The molecular weight excluding hydrogens is 455 g/mol. The maximum atomic E-state index is 13.3. The zero-order valence-corrected chi connectivity index (χ0v) is 18.5. The average molecular weight is 475 g/mol. The summed E-state index contributed by atoms with van der Waals surface area (Å²) in [5.74, 6) is -0.547. The van der Waals surface area contributed by atoms with Gasteiger partial charge in [-0.25, -0.2) is 4.68 Å². The molecule has 0 bridgehead atoms. The average Bonchev–Trinajstić information content (AvgIpc) is 3.37. The van der Waals surface area contributed by atoms with Gasteiger partial charge in [0.05, 0.1) is 12.7 Å². The number of aromatic nitrogens is 4. The highest BCUT2D eigenvalue weighted by atomic mass is 32.1. The molecule has 7 nitrogen and oxygen atoms in total. The molecule has 4 rings (SSSR count). The Labute approximate surface area is 190 Å². The van der Waals surface area contributed by atoms with Crippen molar-refractivity contribution in [1.29, 1.82) is 0 Å². The second-order valence-corrected chi connectivity index (χ2v) is 8.75. The van der Waals surface area contributed by atoms with Crippen molar-refractivity contribution < 1.29 is 23.1 Å². The van der Waals surface area contributed by atoms with E-state index in [1.165, 1.54) is 22.9 Å². The lowest BCUT2D eigenvalue weighted by atomic mass is 9.96. The van der Waals surface area contributed by atoms with Crippen molar-refractivity contribution >= 4 is 27.3 Å². The summed E-state index contributed by atoms with van der Waals surface area (Å²) in [6, 6.07) is 9.15. The van der Waals surface area contributed by atoms with E-state index in [9.17, 15) is 23.1 Å². The molecule has 0 spiro atoms. The lowest BCUT2D eigenvalue weighted by Crippen LogP contribution is -2.42. The number of nitrogens with two attached hydrogens (primary N) is 1. The van der Waals surface area contributed by atoms with Gasteiger partial charge in [-0.05, 0) is 42.7 Å². The van der Waals surface area contributed by atoms with E-state index in [0.717, 1.165) is 38.7 Å². The minimum atomic E-state index is -4.87. The van der Waals surface area contributed by atoms with Crippen LogP contribution < -0.4 is 5.73 Å². The molecule has 3 aromatic heterocycles. The highest BCUT2D eigenvalue weighted by molar-refractivity contribution is 7.21. The zero-order chi connectivity index (χ0) is 24.0. The summed E-state index contributed by atoms with van der Waals surface area (Å²) >= 11 is 1.24. The van der Waals surface area contributed by atoms with Gasteiger partial charge in [0.2, 0.25) is 5.60 Å². The number of nitrogens with zero attached hydrogens (tertiary/aromatic N) is 4. The number of thiophene rings is 1. The van der Waals surface area contributed by atoms with Crippen LogP contribution in [-0.2, 0) is 12.1 Å². The number of carbonyl (C=O) groups excluding carboxylic acids is 1. The highest BCUT2D eigenvalue weighted by Gasteiger charge is 2.55. The fourth-order valence-corrected chi connectivity index (χ4v) is 4.82. The standard InChI is InChI=1S/C22H20F3N5O2S/c1-3-21(32,22(23,24)25)17-11-30(29-28-17)10-13-4-5-15-16(9-13)33-19(20(26)31)18(15)14-6-7-27-12(2)8-14/h4-9,11,32H,3,10H2,1-2H3,(H2,26,31). The van der Waals surface area contributed by atoms with Gasteiger partial charge >= 0.3 is 6.18 Å². The third-order valence-electron chi connectivity index (χ3n) is 5.45. The largest absolute Gasteiger partial charge is 0.423 e. The van der Waals surface area contributed by atoms with Gasteiger partial charge in [-0.1, -0.05) is 24.3 Å². The highest BCUT2D eigenvalue weighted by Crippen LogP contribution is 2.41. The first kappa shape index (κ1) is 22.9. The van der Waals surface area contributed by atoms with Crippen LogP contribution in [0.15, 0.2) is 42.7 Å². The molecule has 3 N–H and O–H groups in total. The number of halogens is 3. The minimum Gasteiger partial charge on any atom is -0.375 e. The van der Waals surface area contributed by atoms with E-state index in [-0.39, 0.29) is 6.54 Å². The molecule has 0 radical (unpaired) electrons. The molecule has 0 aliphatic heterocycles. The van der Waals surface area contributed by atoms with Crippen LogP contribution >= 0.6 is 11.3 Å². The molecule has 1 amide bonds. The molecule has 1 unspecified atom stereocenters. The Hall–Kier alpha value is -3.31. The fraction of sp³-hybridized carbons (Fsp3) is 0.273. The number of fused-ring (bicyclic) bond motifs is 1. The quantitative estimate of drug-likeness (QED) is 0.435. The van der Waals surface area contributed by atoms with E-state index in [4.69, 9.17) is 5.73 Å². The van der Waals surface area contributed by atoms with Crippen LogP contribution in [0.4, 0.5) is 13.2 Å². The van der Waals surface area contributed by atoms with Gasteiger partial charge in [-0.3, -0.25) is 9.78 Å². The van der Waals surface area contributed by atoms with Gasteiger partial charge in [0.15, 0.2) is 0 Å². The Morgan fingerprint density at radius 2 is 2.00 bits per heavy atom. The van der Waals surface area contributed by atoms with E-state index in [1.807, 2.05) is 25.1 Å². The number of hydrogen-bond acceptors (Lipinski definition) is 6. The van der Waals surface area contributed by atoms with Crippen LogP contribution in [0.3, 0.4) is 0 Å². The smallest absolute Gasteiger partial charge is 0.375 e. The number of amides is 1. The molecule has 0 aliphatic rings. The van der Waals surface area contributed by atoms with Crippen LogP contribution in [0, 0.1) is 6.92 Å². The third-order valence-corrected chi connectivity index (χ3v) is 6.62. The Morgan fingerprint density at radius 3 is 2.64 bits per heavy atom. The van der Waals surface area contributed by atoms with Crippen LogP contribution in [0.2, 0.25) is 0 Å². The Balaban J connectivity index is 1.71. The van der Waals surface area contributed by atoms with Gasteiger partial charge in [-0.2, -0.15) is 13.2 Å². The first-order chi connectivity index (χ1) is 15.5. The second-order valence-electron chi connectivity index (χ2n) is 7.70. The van der Waals surface area contributed by atoms with Crippen molar-refractivity contribution in [2.24, 2.45) is 5.73 Å². The van der Waals surface area contributed by atoms with Crippen molar-refractivity contribution in [2.75, 3.05) is 0 Å². The molecule has 4 aromatic rings. The molecule has 0 saturated heterocycles. The maximum absolute atomic E-state index is 13.3. The molecular formula is C22H20F3N5O2S. The summed E-state index contributed by atoms with van der Waals surface area (Å²) < 4.78 is 41.9. The van der Waals surface area contributed by atoms with Gasteiger partial charge in [0.1, 0.15) is 10.6 Å². The van der Waals surface area contributed by atoms with Crippen molar-refractivity contribution in [3.05, 3.63) is 64.6 Å². The summed E-state index contributed by atoms with van der Waals surface area (Å²) in [4.78, 5) is 16.7. The Kier molecular flexibility index (Phi) is 5.71. The third kappa shape index (κ3) is 4.09. The second kappa shape index (κ2) is 8.23. The minimum absolute atomic E-state index is 0.133. The van der Waals surface area contributed by atoms with E-state index in [0.29, 0.717) is 4.88 Å². The van der Waals surface area contributed by atoms with Crippen molar-refractivity contribution in [2.45, 2.75) is 38.6 Å². The number of aliphatic hydroxyl groups is 1. The van der Waals surface area contributed by atoms with E-state index < -0.39 is 29.8 Å². The number of benzene rings is 1. The molecule has 0 fully saturated rings. The summed E-state index contributed by atoms with van der Waals surface area (Å²) in [7, 11) is 0. The van der Waals surface area contributed by atoms with Crippen LogP contribution in [0.1, 0.15) is 40.0 Å². The molecule has 0 saturated carbocycles. The monoisotopic (exact) mass is 475 g/mol. The molecule has 172 valence electrons. The number of aryl methyl sites for hydroxylation is 1. The van der Waals surface area contributed by atoms with Crippen LogP contribution in [-0.4, -0.2) is 37.2 Å². The number of hydrogen-bond donors (Lipinski definition) is 2. The molecule has 3 heterocycles. The number of rotatable bonds is 6. The number of primary amides is 1. The zero-order valence-electron chi connectivity index (χ0n) is 17.7. The maximum Gasteiger partial charge on any atom is 0.423 e. The summed E-state index contributed by atoms with van der Waals surface area (Å²) in [5.41, 5.74) is 5.09. The number of alkyl halides is 3. The number of pyridine rings is 1. The predicted molar refractivity (Wildman–Crippen MR) is 118 cm³/mol. The Morgan fingerprint density at radius 1 is 1.24 bits per heavy atom. The number of carbonyl (C=O) groups is 1. The van der Waals surface area contributed by atoms with E-state index >= 15 is 0 Å². The van der Waals surface area contributed by atoms with Gasteiger partial charge in [-0.15, -0.1) is 16.4 Å². The predicted octanol–water partition coefficient (Wildman–Crippen LogP) is 4.17. The lowest BCUT2D eigenvalue weighted by Gasteiger charge is -2.26. The summed E-state index contributed by atoms with van der Waals surface area (Å²) in [6.07, 6.45) is -2.70. The van der Waals surface area contributed by atoms with Crippen molar-refractivity contribution in [3.8, 4) is 11.1 Å². The normalized spacial score (nSPS) is 13.9. The van der Waals surface area contributed by atoms with Crippen LogP contribution in [0.5, 0.6) is 0 Å². The molecule has 1 aromatic carbocycles. The van der Waals surface area contributed by atoms with E-state index in [2.05, 4.69) is 15.3 Å². The first-order valence-corrected chi connectivity index (χ1v) is 10.8. The van der Waals surface area contributed by atoms with Crippen LogP contribution in [0.25, 0.3) is 21.2 Å². The lowest BCUT2D eigenvalue weighted by molar-refractivity contribution is -0.269. The van der Waals surface area contributed by atoms with Gasteiger partial charge in [0, 0.05) is 27.5 Å². The first-order valence-electron chi connectivity index (χ1n) is 10.0. The van der Waals surface area contributed by atoms with E-state index in [1.54, 1.807) is 18.3 Å². The SMILES string of the molecule is CCC(O)(c1cn(Cc2ccc3c(-c4ccnc(C)c4)c(C(N)=O)sc3c2)nn1)C(F)(F)F. The molecule has 33 heavy (non-hydrogen) atoms. The molecule has 11 heteroatoms. The van der Waals surface area contributed by atoms with Crippen molar-refractivity contribution in [1.82, 2.24) is 20.0 Å². The topological polar surface area (TPSA) is 107 Å².